The number of benzene rings is 2. The van der Waals surface area contributed by atoms with E-state index in [0.717, 1.165) is 0 Å². The minimum atomic E-state index is 0.150. The van der Waals surface area contributed by atoms with Gasteiger partial charge in [-0.25, -0.2) is 0 Å². The number of rotatable bonds is 0. The molecule has 0 aliphatic heterocycles. The zero-order valence-corrected chi connectivity index (χ0v) is 11.2. The van der Waals surface area contributed by atoms with E-state index in [-0.39, 0.29) is 5.41 Å². The first-order valence-corrected chi connectivity index (χ1v) is 6.72. The molecule has 0 unspecified atom stereocenters. The maximum Gasteiger partial charge on any atom is 0.00169 e. The standard InChI is InChI=1S/C19H15/c1-19(2)10-9-17-15(12-19)11-14-8-7-13-5-3-4-6-16(13)18(14)17/h3-5,7-12H,1-2H3. The van der Waals surface area contributed by atoms with Crippen molar-refractivity contribution < 1.29 is 0 Å². The van der Waals surface area contributed by atoms with Crippen LogP contribution in [0.3, 0.4) is 0 Å². The topological polar surface area (TPSA) is 0 Å². The Labute approximate surface area is 113 Å². The lowest BCUT2D eigenvalue weighted by atomic mass is 9.84. The molecule has 19 heavy (non-hydrogen) atoms. The molecule has 0 nitrogen and oxygen atoms in total. The van der Waals surface area contributed by atoms with Crippen molar-refractivity contribution in [3.05, 3.63) is 70.6 Å². The Balaban J connectivity index is 2.20. The van der Waals surface area contributed by atoms with Crippen LogP contribution in [-0.2, 0) is 0 Å². The highest BCUT2D eigenvalue weighted by Crippen LogP contribution is 2.32. The molecular formula is C19H15. The molecular weight excluding hydrogens is 228 g/mol. The van der Waals surface area contributed by atoms with Gasteiger partial charge in [0.2, 0.25) is 0 Å². The van der Waals surface area contributed by atoms with Gasteiger partial charge in [0.05, 0.1) is 0 Å². The van der Waals surface area contributed by atoms with Crippen molar-refractivity contribution in [2.45, 2.75) is 13.8 Å². The minimum absolute atomic E-state index is 0.150. The average molecular weight is 243 g/mol. The minimum Gasteiger partial charge on any atom is -0.0744 e. The number of allylic oxidation sites excluding steroid dienone is 4. The maximum atomic E-state index is 3.40. The lowest BCUT2D eigenvalue weighted by molar-refractivity contribution is 0.621. The molecule has 0 saturated heterocycles. The summed E-state index contributed by atoms with van der Waals surface area (Å²) < 4.78 is 0. The second-order valence-electron chi connectivity index (χ2n) is 5.98. The second-order valence-corrected chi connectivity index (χ2v) is 5.98. The number of fused-ring (bicyclic) bond motifs is 4. The summed E-state index contributed by atoms with van der Waals surface area (Å²) in [4.78, 5) is 0. The van der Waals surface area contributed by atoms with Gasteiger partial charge in [0.1, 0.15) is 0 Å². The third-order valence-corrected chi connectivity index (χ3v) is 3.97. The molecule has 0 spiro atoms. The normalized spacial score (nSPS) is 18.8. The highest BCUT2D eigenvalue weighted by molar-refractivity contribution is 5.96. The zero-order valence-electron chi connectivity index (χ0n) is 11.2. The molecule has 2 aliphatic rings. The average Bonchev–Trinajstić information content (AvgIpc) is 2.74. The molecule has 1 radical (unpaired) electrons. The van der Waals surface area contributed by atoms with E-state index in [2.05, 4.69) is 68.5 Å². The van der Waals surface area contributed by atoms with Crippen LogP contribution in [0.15, 0.2) is 54.1 Å². The Morgan fingerprint density at radius 1 is 1.11 bits per heavy atom. The summed E-state index contributed by atoms with van der Waals surface area (Å²) in [6.07, 6.45) is 9.22. The fraction of sp³-hybridized carbons (Fsp3) is 0.158. The van der Waals surface area contributed by atoms with Gasteiger partial charge in [0.15, 0.2) is 0 Å². The largest absolute Gasteiger partial charge is 0.0744 e. The van der Waals surface area contributed by atoms with Crippen LogP contribution in [0.25, 0.3) is 22.4 Å². The Morgan fingerprint density at radius 3 is 2.89 bits per heavy atom. The van der Waals surface area contributed by atoms with Gasteiger partial charge in [-0.3, -0.25) is 0 Å². The van der Waals surface area contributed by atoms with Crippen molar-refractivity contribution in [1.29, 1.82) is 0 Å². The Kier molecular flexibility index (Phi) is 1.98. The van der Waals surface area contributed by atoms with Crippen molar-refractivity contribution >= 4 is 22.4 Å². The second kappa shape index (κ2) is 3.48. The monoisotopic (exact) mass is 243 g/mol. The summed E-state index contributed by atoms with van der Waals surface area (Å²) >= 11 is 0. The highest BCUT2D eigenvalue weighted by atomic mass is 14.2. The maximum absolute atomic E-state index is 3.40. The molecule has 2 aromatic rings. The fourth-order valence-corrected chi connectivity index (χ4v) is 3.06. The first-order chi connectivity index (χ1) is 9.14. The number of hydrogen-bond acceptors (Lipinski definition) is 0. The number of hydrogen-bond donors (Lipinski definition) is 0. The zero-order chi connectivity index (χ0) is 13.0. The van der Waals surface area contributed by atoms with Crippen molar-refractivity contribution in [1.82, 2.24) is 0 Å². The van der Waals surface area contributed by atoms with E-state index in [9.17, 15) is 0 Å². The smallest absolute Gasteiger partial charge is 0.00169 e. The third kappa shape index (κ3) is 1.53. The summed E-state index contributed by atoms with van der Waals surface area (Å²) in [6.45, 7) is 4.49. The molecule has 0 amide bonds. The molecule has 0 bridgehead atoms. The summed E-state index contributed by atoms with van der Waals surface area (Å²) in [6, 6.07) is 14.0. The van der Waals surface area contributed by atoms with E-state index in [1.807, 2.05) is 6.07 Å². The van der Waals surface area contributed by atoms with Crippen molar-refractivity contribution in [2.24, 2.45) is 5.41 Å². The van der Waals surface area contributed by atoms with Gasteiger partial charge in [-0.05, 0) is 44.5 Å². The van der Waals surface area contributed by atoms with E-state index >= 15 is 0 Å². The molecule has 0 N–H and O–H groups in total. The molecule has 0 atom stereocenters. The van der Waals surface area contributed by atoms with Crippen LogP contribution in [0.4, 0.5) is 0 Å². The Bertz CT molecular complexity index is 874. The van der Waals surface area contributed by atoms with E-state index < -0.39 is 0 Å². The van der Waals surface area contributed by atoms with Crippen LogP contribution in [0, 0.1) is 11.5 Å². The van der Waals surface area contributed by atoms with Crippen LogP contribution in [0.5, 0.6) is 0 Å². The predicted molar refractivity (Wildman–Crippen MR) is 80.9 cm³/mol. The molecule has 0 heteroatoms. The van der Waals surface area contributed by atoms with E-state index in [1.165, 1.54) is 32.4 Å². The van der Waals surface area contributed by atoms with Gasteiger partial charge in [-0.1, -0.05) is 62.4 Å². The molecule has 0 saturated carbocycles. The summed E-state index contributed by atoms with van der Waals surface area (Å²) in [5.74, 6) is 0. The quantitative estimate of drug-likeness (QED) is 0.667. The van der Waals surface area contributed by atoms with Crippen LogP contribution >= 0.6 is 0 Å². The van der Waals surface area contributed by atoms with Crippen molar-refractivity contribution in [2.75, 3.05) is 0 Å². The Morgan fingerprint density at radius 2 is 2.00 bits per heavy atom. The van der Waals surface area contributed by atoms with Gasteiger partial charge in [0.25, 0.3) is 0 Å². The predicted octanol–water partition coefficient (Wildman–Crippen LogP) is 3.11. The van der Waals surface area contributed by atoms with Crippen molar-refractivity contribution in [3.63, 3.8) is 0 Å². The lowest BCUT2D eigenvalue weighted by Gasteiger charge is -2.21. The lowest BCUT2D eigenvalue weighted by Crippen LogP contribution is -2.23. The highest BCUT2D eigenvalue weighted by Gasteiger charge is 2.20. The molecule has 2 aliphatic carbocycles. The molecule has 0 heterocycles. The molecule has 91 valence electrons. The fourth-order valence-electron chi connectivity index (χ4n) is 3.06. The molecule has 4 rings (SSSR count). The molecule has 0 aromatic heterocycles. The van der Waals surface area contributed by atoms with E-state index in [1.54, 1.807) is 0 Å². The van der Waals surface area contributed by atoms with Gasteiger partial charge in [0, 0.05) is 5.41 Å². The van der Waals surface area contributed by atoms with E-state index in [4.69, 9.17) is 0 Å². The van der Waals surface area contributed by atoms with Gasteiger partial charge in [-0.15, -0.1) is 0 Å². The summed E-state index contributed by atoms with van der Waals surface area (Å²) in [5.41, 5.74) is 2.85. The summed E-state index contributed by atoms with van der Waals surface area (Å²) in [7, 11) is 0. The van der Waals surface area contributed by atoms with Crippen molar-refractivity contribution in [3.8, 4) is 0 Å². The van der Waals surface area contributed by atoms with Crippen LogP contribution < -0.4 is 10.4 Å². The first-order valence-electron chi connectivity index (χ1n) is 6.72. The molecule has 0 fully saturated rings. The first kappa shape index (κ1) is 10.8. The van der Waals surface area contributed by atoms with Crippen LogP contribution in [-0.4, -0.2) is 0 Å². The third-order valence-electron chi connectivity index (χ3n) is 3.97. The van der Waals surface area contributed by atoms with E-state index in [0.29, 0.717) is 0 Å². The Hall–Kier alpha value is -2.08. The molecule has 2 aromatic carbocycles. The van der Waals surface area contributed by atoms with Crippen LogP contribution in [0.1, 0.15) is 13.8 Å². The van der Waals surface area contributed by atoms with Gasteiger partial charge < -0.3 is 0 Å². The summed E-state index contributed by atoms with van der Waals surface area (Å²) in [5, 5.41) is 5.16. The SMILES string of the molecule is CC1(C)C=CC2=c3c(ccc4ccc[c]c34)=CC2=C1. The van der Waals surface area contributed by atoms with Crippen LogP contribution in [0.2, 0.25) is 0 Å². The van der Waals surface area contributed by atoms with Gasteiger partial charge >= 0.3 is 0 Å². The van der Waals surface area contributed by atoms with Gasteiger partial charge in [-0.2, -0.15) is 0 Å².